The van der Waals surface area contributed by atoms with Crippen LogP contribution in [0.15, 0.2) is 59.5 Å². The molecule has 0 aliphatic heterocycles. The van der Waals surface area contributed by atoms with Gasteiger partial charge >= 0.3 is 0 Å². The van der Waals surface area contributed by atoms with E-state index in [0.29, 0.717) is 0 Å². The van der Waals surface area contributed by atoms with E-state index in [9.17, 15) is 0 Å². The zero-order valence-electron chi connectivity index (χ0n) is 10.7. The predicted molar refractivity (Wildman–Crippen MR) is 89.7 cm³/mol. The Morgan fingerprint density at radius 3 is 2.11 bits per heavy atom. The summed E-state index contributed by atoms with van der Waals surface area (Å²) < 4.78 is 0. The van der Waals surface area contributed by atoms with Crippen molar-refractivity contribution in [1.29, 1.82) is 0 Å². The van der Waals surface area contributed by atoms with Crippen LogP contribution in [0, 0.1) is 6.92 Å². The Bertz CT molecular complexity index is 423. The zero-order valence-corrected chi connectivity index (χ0v) is 13.2. The van der Waals surface area contributed by atoms with Crippen LogP contribution in [0.5, 0.6) is 0 Å². The van der Waals surface area contributed by atoms with E-state index in [1.165, 1.54) is 16.0 Å². The summed E-state index contributed by atoms with van der Waals surface area (Å²) in [6.07, 6.45) is 1.69. The molecule has 0 unspecified atom stereocenters. The topological polar surface area (TPSA) is 0 Å². The molecule has 0 heterocycles. The molecule has 0 radical (unpaired) electrons. The molecule has 0 N–H and O–H groups in total. The Hall–Kier alpha value is -0.510. The monoisotopic (exact) mass is 294 g/mol. The van der Waals surface area contributed by atoms with Gasteiger partial charge in [-0.1, -0.05) is 69.6 Å². The van der Waals surface area contributed by atoms with Gasteiger partial charge in [-0.25, -0.2) is 0 Å². The Balaban J connectivity index is 0.000000771. The fourth-order valence-corrected chi connectivity index (χ4v) is 3.43. The van der Waals surface area contributed by atoms with Crippen LogP contribution in [0.4, 0.5) is 0 Å². The summed E-state index contributed by atoms with van der Waals surface area (Å²) in [6, 6.07) is 19.2. The second-order valence-electron chi connectivity index (χ2n) is 3.64. The highest BCUT2D eigenvalue weighted by molar-refractivity contribution is 8.76. The van der Waals surface area contributed by atoms with Crippen LogP contribution < -0.4 is 0 Å². The van der Waals surface area contributed by atoms with Gasteiger partial charge in [-0.05, 0) is 30.9 Å². The van der Waals surface area contributed by atoms with Gasteiger partial charge in [0.2, 0.25) is 0 Å². The van der Waals surface area contributed by atoms with Crippen molar-refractivity contribution in [3.8, 4) is 0 Å². The van der Waals surface area contributed by atoms with Crippen LogP contribution in [-0.4, -0.2) is 6.26 Å². The van der Waals surface area contributed by atoms with Gasteiger partial charge in [0.15, 0.2) is 0 Å². The molecule has 3 heteroatoms. The number of hydrogen-bond donors (Lipinski definition) is 1. The van der Waals surface area contributed by atoms with E-state index in [2.05, 4.69) is 74.1 Å². The van der Waals surface area contributed by atoms with Gasteiger partial charge in [-0.3, -0.25) is 0 Å². The van der Waals surface area contributed by atoms with Crippen molar-refractivity contribution in [2.24, 2.45) is 0 Å². The third kappa shape index (κ3) is 5.89. The minimum atomic E-state index is 1.05. The molecule has 2 rings (SSSR count). The van der Waals surface area contributed by atoms with E-state index in [1.54, 1.807) is 6.26 Å². The smallest absolute Gasteiger partial charge is 0.0292 e. The standard InChI is InChI=1S/C14H14S2.CH4S/c1-12-7-9-14(10-8-12)16-15-11-13-5-3-2-4-6-13;1-2/h2-10H,11H2,1H3;2H,1H3. The number of rotatable bonds is 4. The van der Waals surface area contributed by atoms with Crippen molar-refractivity contribution >= 4 is 34.2 Å². The quantitative estimate of drug-likeness (QED) is 0.585. The van der Waals surface area contributed by atoms with Crippen LogP contribution in [0.25, 0.3) is 0 Å². The van der Waals surface area contributed by atoms with Gasteiger partial charge in [0.05, 0.1) is 0 Å². The number of thiol groups is 1. The maximum absolute atomic E-state index is 3.53. The molecule has 2 aromatic carbocycles. The molecule has 96 valence electrons. The maximum atomic E-state index is 3.53. The minimum Gasteiger partial charge on any atom is -0.183 e. The summed E-state index contributed by atoms with van der Waals surface area (Å²) in [6.45, 7) is 2.12. The SMILES string of the molecule is CS.Cc1ccc(SSCc2ccccc2)cc1. The lowest BCUT2D eigenvalue weighted by molar-refractivity contribution is 1.38. The molecular weight excluding hydrogens is 276 g/mol. The molecular formula is C15H18S3. The first kappa shape index (κ1) is 15.5. The van der Waals surface area contributed by atoms with Crippen molar-refractivity contribution in [2.45, 2.75) is 17.6 Å². The van der Waals surface area contributed by atoms with E-state index in [0.717, 1.165) is 5.75 Å². The fourth-order valence-electron chi connectivity index (χ4n) is 1.33. The van der Waals surface area contributed by atoms with Crippen molar-refractivity contribution < 1.29 is 0 Å². The highest BCUT2D eigenvalue weighted by Crippen LogP contribution is 2.33. The Morgan fingerprint density at radius 2 is 1.50 bits per heavy atom. The predicted octanol–water partition coefficient (Wildman–Crippen LogP) is 5.48. The second-order valence-corrected chi connectivity index (χ2v) is 6.01. The van der Waals surface area contributed by atoms with Gasteiger partial charge < -0.3 is 0 Å². The first-order chi connectivity index (χ1) is 8.84. The molecule has 0 aliphatic rings. The fraction of sp³-hybridized carbons (Fsp3) is 0.200. The normalized spacial score (nSPS) is 9.50. The van der Waals surface area contributed by atoms with Crippen LogP contribution in [-0.2, 0) is 5.75 Å². The number of hydrogen-bond acceptors (Lipinski definition) is 3. The van der Waals surface area contributed by atoms with E-state index in [-0.39, 0.29) is 0 Å². The van der Waals surface area contributed by atoms with Gasteiger partial charge in [0.1, 0.15) is 0 Å². The Kier molecular flexibility index (Phi) is 8.14. The Morgan fingerprint density at radius 1 is 0.889 bits per heavy atom. The first-order valence-corrected chi connectivity index (χ1v) is 8.91. The van der Waals surface area contributed by atoms with Gasteiger partial charge in [-0.2, -0.15) is 12.6 Å². The summed E-state index contributed by atoms with van der Waals surface area (Å²) in [7, 11) is 3.72. The lowest BCUT2D eigenvalue weighted by Gasteiger charge is -2.01. The summed E-state index contributed by atoms with van der Waals surface area (Å²) >= 11 is 3.53. The number of benzene rings is 2. The third-order valence-electron chi connectivity index (χ3n) is 2.24. The molecule has 0 fully saturated rings. The molecule has 0 saturated heterocycles. The largest absolute Gasteiger partial charge is 0.183 e. The summed E-state index contributed by atoms with van der Waals surface area (Å²) in [5, 5.41) is 0. The molecule has 0 aromatic heterocycles. The molecule has 18 heavy (non-hydrogen) atoms. The van der Waals surface area contributed by atoms with E-state index in [4.69, 9.17) is 0 Å². The number of aryl methyl sites for hydroxylation is 1. The zero-order chi connectivity index (χ0) is 13.2. The van der Waals surface area contributed by atoms with Crippen LogP contribution in [0.1, 0.15) is 11.1 Å². The van der Waals surface area contributed by atoms with E-state index in [1.807, 2.05) is 21.6 Å². The molecule has 2 aromatic rings. The molecule has 0 nitrogen and oxygen atoms in total. The van der Waals surface area contributed by atoms with Crippen molar-refractivity contribution in [3.05, 3.63) is 65.7 Å². The summed E-state index contributed by atoms with van der Waals surface area (Å²) in [4.78, 5) is 1.33. The molecule has 0 aliphatic carbocycles. The van der Waals surface area contributed by atoms with Gasteiger partial charge in [0.25, 0.3) is 0 Å². The van der Waals surface area contributed by atoms with Crippen molar-refractivity contribution in [3.63, 3.8) is 0 Å². The van der Waals surface area contributed by atoms with Gasteiger partial charge in [0, 0.05) is 10.6 Å². The molecule has 0 spiro atoms. The van der Waals surface area contributed by atoms with Crippen LogP contribution in [0.2, 0.25) is 0 Å². The van der Waals surface area contributed by atoms with E-state index >= 15 is 0 Å². The minimum absolute atomic E-state index is 1.05. The highest BCUT2D eigenvalue weighted by Gasteiger charge is 1.95. The average molecular weight is 295 g/mol. The van der Waals surface area contributed by atoms with Gasteiger partial charge in [-0.15, -0.1) is 0 Å². The van der Waals surface area contributed by atoms with Crippen molar-refractivity contribution in [1.82, 2.24) is 0 Å². The third-order valence-corrected chi connectivity index (χ3v) is 4.56. The average Bonchev–Trinajstić information content (AvgIpc) is 2.44. The lowest BCUT2D eigenvalue weighted by Crippen LogP contribution is -1.76. The first-order valence-electron chi connectivity index (χ1n) is 5.69. The maximum Gasteiger partial charge on any atom is 0.0292 e. The molecule has 0 bridgehead atoms. The highest BCUT2D eigenvalue weighted by atomic mass is 33.1. The van der Waals surface area contributed by atoms with Crippen molar-refractivity contribution in [2.75, 3.05) is 6.26 Å². The Labute approximate surface area is 123 Å². The molecule has 0 amide bonds. The summed E-state index contributed by atoms with van der Waals surface area (Å²) in [5.74, 6) is 1.05. The summed E-state index contributed by atoms with van der Waals surface area (Å²) in [5.41, 5.74) is 2.70. The van der Waals surface area contributed by atoms with E-state index < -0.39 is 0 Å². The lowest BCUT2D eigenvalue weighted by atomic mass is 10.2. The second kappa shape index (κ2) is 9.42. The molecule has 0 saturated carbocycles. The van der Waals surface area contributed by atoms with Crippen LogP contribution >= 0.6 is 34.2 Å². The molecule has 0 atom stereocenters. The van der Waals surface area contributed by atoms with Crippen LogP contribution in [0.3, 0.4) is 0 Å².